The predicted molar refractivity (Wildman–Crippen MR) is 30.1 cm³/mol. The van der Waals surface area contributed by atoms with E-state index < -0.39 is 0 Å². The molecule has 0 aromatic rings. The second-order valence-electron chi connectivity index (χ2n) is 1.49. The molecule has 0 aliphatic rings. The van der Waals surface area contributed by atoms with Crippen molar-refractivity contribution in [3.05, 3.63) is 5.92 Å². The Morgan fingerprint density at radius 2 is 2.14 bits per heavy atom. The number of hydrogen-bond donors (Lipinski definition) is 0. The Bertz CT molecular complexity index is 59.1. The van der Waals surface area contributed by atoms with Crippen LogP contribution in [-0.4, -0.2) is 13.3 Å². The van der Waals surface area contributed by atoms with Crippen molar-refractivity contribution in [2.45, 2.75) is 13.8 Å². The number of oxime groups is 1. The monoisotopic (exact) mass is 100 g/mol. The first-order valence-electron chi connectivity index (χ1n) is 2.14. The molecule has 2 nitrogen and oxygen atoms in total. The van der Waals surface area contributed by atoms with E-state index in [1.807, 2.05) is 13.8 Å². The number of nitrogens with zero attached hydrogens (tertiary/aromatic N) is 1. The summed E-state index contributed by atoms with van der Waals surface area (Å²) < 4.78 is 0. The van der Waals surface area contributed by atoms with Gasteiger partial charge < -0.3 is 4.84 Å². The summed E-state index contributed by atoms with van der Waals surface area (Å²) in [5.41, 5.74) is 0. The summed E-state index contributed by atoms with van der Waals surface area (Å²) in [6, 6.07) is 0. The molecule has 7 heavy (non-hydrogen) atoms. The summed E-state index contributed by atoms with van der Waals surface area (Å²) in [6.45, 7) is 3.92. The van der Waals surface area contributed by atoms with Gasteiger partial charge in [-0.15, -0.1) is 0 Å². The molecule has 41 valence electrons. The molecule has 0 atom stereocenters. The van der Waals surface area contributed by atoms with Gasteiger partial charge in [-0.25, -0.2) is 0 Å². The summed E-state index contributed by atoms with van der Waals surface area (Å²) in [5.74, 6) is 1.14. The van der Waals surface area contributed by atoms with Crippen molar-refractivity contribution in [3.63, 3.8) is 0 Å². The smallest absolute Gasteiger partial charge is 0.106 e. The molecule has 0 N–H and O–H groups in total. The highest BCUT2D eigenvalue weighted by Crippen LogP contribution is 1.86. The Balaban J connectivity index is 3.08. The highest BCUT2D eigenvalue weighted by atomic mass is 16.6. The van der Waals surface area contributed by atoms with Gasteiger partial charge in [-0.3, -0.25) is 0 Å². The minimum atomic E-state index is 1.14. The fraction of sp³-hybridized carbons (Fsp3) is 0.600. The van der Waals surface area contributed by atoms with Crippen LogP contribution in [0.5, 0.6) is 0 Å². The first-order valence-corrected chi connectivity index (χ1v) is 2.14. The lowest BCUT2D eigenvalue weighted by atomic mass is 10.3. The molecule has 0 spiro atoms. The third-order valence-corrected chi connectivity index (χ3v) is 0.416. The lowest BCUT2D eigenvalue weighted by Crippen LogP contribution is -1.83. The molecule has 0 aliphatic carbocycles. The van der Waals surface area contributed by atoms with Crippen LogP contribution in [0.3, 0.4) is 0 Å². The van der Waals surface area contributed by atoms with Gasteiger partial charge in [-0.1, -0.05) is 19.0 Å². The van der Waals surface area contributed by atoms with Gasteiger partial charge in [0.2, 0.25) is 0 Å². The van der Waals surface area contributed by atoms with Crippen LogP contribution in [0.2, 0.25) is 0 Å². The molecule has 0 rings (SSSR count). The Morgan fingerprint density at radius 1 is 1.57 bits per heavy atom. The van der Waals surface area contributed by atoms with E-state index in [9.17, 15) is 0 Å². The highest BCUT2D eigenvalue weighted by Gasteiger charge is 1.81. The van der Waals surface area contributed by atoms with Crippen LogP contribution in [-0.2, 0) is 4.84 Å². The summed E-state index contributed by atoms with van der Waals surface area (Å²) in [6.07, 6.45) is 1.67. The topological polar surface area (TPSA) is 21.6 Å². The largest absolute Gasteiger partial charge is 0.399 e. The quantitative estimate of drug-likeness (QED) is 0.378. The molecule has 2 heteroatoms. The van der Waals surface area contributed by atoms with Crippen LogP contribution in [0.4, 0.5) is 0 Å². The lowest BCUT2D eigenvalue weighted by Gasteiger charge is -1.88. The fourth-order valence-electron chi connectivity index (χ4n) is 0.158. The zero-order valence-electron chi connectivity index (χ0n) is 4.93. The molecule has 0 heterocycles. The minimum Gasteiger partial charge on any atom is -0.399 e. The van der Waals surface area contributed by atoms with Crippen molar-refractivity contribution >= 4 is 6.21 Å². The van der Waals surface area contributed by atoms with E-state index in [1.54, 1.807) is 6.21 Å². The average Bonchev–Trinajstić information content (AvgIpc) is 1.61. The molecule has 1 radical (unpaired) electrons. The molecule has 0 bridgehead atoms. The molecule has 0 saturated carbocycles. The summed E-state index contributed by atoms with van der Waals surface area (Å²) in [5, 5.41) is 3.51. The van der Waals surface area contributed by atoms with Crippen LogP contribution in [0.15, 0.2) is 5.16 Å². The van der Waals surface area contributed by atoms with E-state index in [0.29, 0.717) is 0 Å². The van der Waals surface area contributed by atoms with Gasteiger partial charge in [0.1, 0.15) is 7.11 Å². The maximum Gasteiger partial charge on any atom is 0.106 e. The third-order valence-electron chi connectivity index (χ3n) is 0.416. The van der Waals surface area contributed by atoms with Crippen LogP contribution < -0.4 is 0 Å². The van der Waals surface area contributed by atoms with Crippen LogP contribution in [0, 0.1) is 5.92 Å². The van der Waals surface area contributed by atoms with E-state index in [1.165, 1.54) is 7.11 Å². The van der Waals surface area contributed by atoms with E-state index in [0.717, 1.165) is 5.92 Å². The van der Waals surface area contributed by atoms with Crippen molar-refractivity contribution in [1.29, 1.82) is 0 Å². The van der Waals surface area contributed by atoms with Crippen LogP contribution in [0.1, 0.15) is 13.8 Å². The second-order valence-corrected chi connectivity index (χ2v) is 1.49. The first kappa shape index (κ1) is 6.47. The van der Waals surface area contributed by atoms with Gasteiger partial charge in [0.15, 0.2) is 0 Å². The van der Waals surface area contributed by atoms with E-state index >= 15 is 0 Å². The van der Waals surface area contributed by atoms with E-state index in [4.69, 9.17) is 0 Å². The standard InChI is InChI=1S/C5H10NO/c1-5(2)4-6-7-3/h4H,1-3H3/b6-4+. The van der Waals surface area contributed by atoms with Crippen molar-refractivity contribution in [3.8, 4) is 0 Å². The minimum absolute atomic E-state index is 1.14. The predicted octanol–water partition coefficient (Wildman–Crippen LogP) is 1.23. The summed E-state index contributed by atoms with van der Waals surface area (Å²) in [7, 11) is 1.53. The number of hydrogen-bond acceptors (Lipinski definition) is 2. The van der Waals surface area contributed by atoms with E-state index in [-0.39, 0.29) is 0 Å². The Kier molecular flexibility index (Phi) is 3.38. The Morgan fingerprint density at radius 3 is 2.29 bits per heavy atom. The first-order chi connectivity index (χ1) is 3.27. The van der Waals surface area contributed by atoms with Gasteiger partial charge in [0, 0.05) is 5.92 Å². The molecule has 0 amide bonds. The second kappa shape index (κ2) is 3.65. The maximum atomic E-state index is 4.40. The van der Waals surface area contributed by atoms with Crippen LogP contribution >= 0.6 is 0 Å². The van der Waals surface area contributed by atoms with Crippen molar-refractivity contribution in [1.82, 2.24) is 0 Å². The lowest BCUT2D eigenvalue weighted by molar-refractivity contribution is 0.215. The highest BCUT2D eigenvalue weighted by molar-refractivity contribution is 5.71. The van der Waals surface area contributed by atoms with Gasteiger partial charge in [0.05, 0.1) is 6.21 Å². The van der Waals surface area contributed by atoms with Crippen molar-refractivity contribution in [2.75, 3.05) is 7.11 Å². The molecule has 0 aliphatic heterocycles. The maximum absolute atomic E-state index is 4.40. The molecule has 0 saturated heterocycles. The fourth-order valence-corrected chi connectivity index (χ4v) is 0.158. The molecule has 0 aromatic heterocycles. The normalized spacial score (nSPS) is 10.9. The SMILES string of the molecule is CO/N=C/[C](C)C. The Hall–Kier alpha value is -0.530. The molecule has 0 unspecified atom stereocenters. The average molecular weight is 100 g/mol. The molecule has 0 fully saturated rings. The summed E-state index contributed by atoms with van der Waals surface area (Å²) in [4.78, 5) is 4.40. The molecular formula is C5H10NO. The van der Waals surface area contributed by atoms with Gasteiger partial charge >= 0.3 is 0 Å². The van der Waals surface area contributed by atoms with Crippen molar-refractivity contribution in [2.24, 2.45) is 5.16 Å². The Labute approximate surface area is 44.2 Å². The van der Waals surface area contributed by atoms with E-state index in [2.05, 4.69) is 9.99 Å². The zero-order chi connectivity index (χ0) is 5.70. The molecule has 0 aromatic carbocycles. The third kappa shape index (κ3) is 5.47. The van der Waals surface area contributed by atoms with Crippen LogP contribution in [0.25, 0.3) is 0 Å². The van der Waals surface area contributed by atoms with Gasteiger partial charge in [-0.05, 0) is 0 Å². The van der Waals surface area contributed by atoms with Crippen molar-refractivity contribution < 1.29 is 4.84 Å². The summed E-state index contributed by atoms with van der Waals surface area (Å²) >= 11 is 0. The van der Waals surface area contributed by atoms with Gasteiger partial charge in [0.25, 0.3) is 0 Å². The zero-order valence-corrected chi connectivity index (χ0v) is 4.93. The number of rotatable bonds is 2. The van der Waals surface area contributed by atoms with Gasteiger partial charge in [-0.2, -0.15) is 0 Å². The molecular weight excluding hydrogens is 90.1 g/mol.